The quantitative estimate of drug-likeness (QED) is 0.683. The number of methoxy groups -OCH3 is 1. The molecule has 0 unspecified atom stereocenters. The van der Waals surface area contributed by atoms with Crippen molar-refractivity contribution in [3.63, 3.8) is 0 Å². The second-order valence-electron chi connectivity index (χ2n) is 5.20. The van der Waals surface area contributed by atoms with E-state index in [4.69, 9.17) is 9.15 Å². The first-order chi connectivity index (χ1) is 11.7. The molecule has 1 amide bonds. The molecule has 2 aromatic heterocycles. The first-order valence-electron chi connectivity index (χ1n) is 7.34. The topological polar surface area (TPSA) is 86.3 Å². The average molecular weight is 327 g/mol. The minimum absolute atomic E-state index is 0.00811. The third kappa shape index (κ3) is 3.60. The summed E-state index contributed by atoms with van der Waals surface area (Å²) in [5.74, 6) is 1.73. The number of aromatic nitrogens is 4. The van der Waals surface area contributed by atoms with E-state index in [2.05, 4.69) is 15.4 Å². The first kappa shape index (κ1) is 15.7. The van der Waals surface area contributed by atoms with Gasteiger partial charge in [0, 0.05) is 12.6 Å². The molecule has 0 saturated carbocycles. The van der Waals surface area contributed by atoms with Crippen molar-refractivity contribution in [3.05, 3.63) is 48.4 Å². The van der Waals surface area contributed by atoms with Gasteiger partial charge in [-0.05, 0) is 29.5 Å². The minimum Gasteiger partial charge on any atom is -0.497 e. The Kier molecular flexibility index (Phi) is 4.55. The molecule has 0 saturated heterocycles. The van der Waals surface area contributed by atoms with E-state index in [-0.39, 0.29) is 12.5 Å². The van der Waals surface area contributed by atoms with Crippen LogP contribution in [-0.2, 0) is 17.9 Å². The van der Waals surface area contributed by atoms with Crippen LogP contribution in [0.4, 0.5) is 0 Å². The van der Waals surface area contributed by atoms with Gasteiger partial charge in [0.1, 0.15) is 18.1 Å². The fourth-order valence-electron chi connectivity index (χ4n) is 2.15. The van der Waals surface area contributed by atoms with Gasteiger partial charge in [-0.2, -0.15) is 4.80 Å². The van der Waals surface area contributed by atoms with Crippen molar-refractivity contribution in [2.45, 2.75) is 13.1 Å². The number of rotatable bonds is 6. The summed E-state index contributed by atoms with van der Waals surface area (Å²) in [6, 6.07) is 10.9. The summed E-state index contributed by atoms with van der Waals surface area (Å²) in [6.45, 7) is 0.400. The van der Waals surface area contributed by atoms with Gasteiger partial charge in [-0.15, -0.1) is 10.2 Å². The van der Waals surface area contributed by atoms with Gasteiger partial charge >= 0.3 is 0 Å². The highest BCUT2D eigenvalue weighted by Crippen LogP contribution is 2.19. The van der Waals surface area contributed by atoms with Gasteiger partial charge in [0.05, 0.1) is 19.9 Å². The van der Waals surface area contributed by atoms with E-state index in [1.54, 1.807) is 31.4 Å². The Bertz CT molecular complexity index is 813. The number of ether oxygens (including phenoxy) is 1. The Morgan fingerprint density at radius 2 is 2.21 bits per heavy atom. The number of hydrogen-bond donors (Lipinski definition) is 0. The molecule has 0 aliphatic heterocycles. The molecular weight excluding hydrogens is 310 g/mol. The molecule has 3 rings (SSSR count). The van der Waals surface area contributed by atoms with Crippen LogP contribution in [-0.4, -0.2) is 45.2 Å². The number of nitrogens with zero attached hydrogens (tertiary/aromatic N) is 5. The summed E-state index contributed by atoms with van der Waals surface area (Å²) in [5, 5.41) is 12.2. The summed E-state index contributed by atoms with van der Waals surface area (Å²) >= 11 is 0. The Morgan fingerprint density at radius 1 is 1.33 bits per heavy atom. The lowest BCUT2D eigenvalue weighted by atomic mass is 10.2. The SMILES string of the molecule is COc1cccc(-c2nnn(CC(=O)N(C)Cc3ccco3)n2)c1. The summed E-state index contributed by atoms with van der Waals surface area (Å²) < 4.78 is 10.4. The van der Waals surface area contributed by atoms with E-state index in [0.29, 0.717) is 18.1 Å². The summed E-state index contributed by atoms with van der Waals surface area (Å²) in [5.41, 5.74) is 0.775. The normalized spacial score (nSPS) is 10.6. The molecule has 0 aliphatic carbocycles. The maximum atomic E-state index is 12.2. The van der Waals surface area contributed by atoms with Crippen molar-refractivity contribution >= 4 is 5.91 Å². The highest BCUT2D eigenvalue weighted by molar-refractivity contribution is 5.75. The van der Waals surface area contributed by atoms with Gasteiger partial charge in [-0.25, -0.2) is 0 Å². The predicted molar refractivity (Wildman–Crippen MR) is 85.0 cm³/mol. The standard InChI is InChI=1S/C16H17N5O3/c1-20(10-14-7-4-8-24-14)15(22)11-21-18-16(17-19-21)12-5-3-6-13(9-12)23-2/h3-9H,10-11H2,1-2H3. The van der Waals surface area contributed by atoms with Crippen LogP contribution in [0.5, 0.6) is 5.75 Å². The van der Waals surface area contributed by atoms with E-state index < -0.39 is 0 Å². The van der Waals surface area contributed by atoms with E-state index >= 15 is 0 Å². The molecule has 0 aliphatic rings. The van der Waals surface area contributed by atoms with Crippen molar-refractivity contribution < 1.29 is 13.9 Å². The maximum Gasteiger partial charge on any atom is 0.246 e. The van der Waals surface area contributed by atoms with E-state index in [1.807, 2.05) is 30.3 Å². The second-order valence-corrected chi connectivity index (χ2v) is 5.20. The van der Waals surface area contributed by atoms with Crippen LogP contribution in [0, 0.1) is 0 Å². The second kappa shape index (κ2) is 6.95. The maximum absolute atomic E-state index is 12.2. The van der Waals surface area contributed by atoms with E-state index in [1.165, 1.54) is 4.80 Å². The Morgan fingerprint density at radius 3 is 2.96 bits per heavy atom. The number of tetrazole rings is 1. The molecule has 8 heteroatoms. The van der Waals surface area contributed by atoms with Gasteiger partial charge in [0.15, 0.2) is 0 Å². The van der Waals surface area contributed by atoms with Crippen molar-refractivity contribution in [2.75, 3.05) is 14.2 Å². The molecule has 1 aromatic carbocycles. The number of hydrogen-bond acceptors (Lipinski definition) is 6. The largest absolute Gasteiger partial charge is 0.497 e. The fraction of sp³-hybridized carbons (Fsp3) is 0.250. The number of carbonyl (C=O) groups excluding carboxylic acids is 1. The number of amides is 1. The van der Waals surface area contributed by atoms with Gasteiger partial charge < -0.3 is 14.1 Å². The van der Waals surface area contributed by atoms with Crippen LogP contribution in [0.15, 0.2) is 47.1 Å². The number of benzene rings is 1. The highest BCUT2D eigenvalue weighted by Gasteiger charge is 2.14. The van der Waals surface area contributed by atoms with Crippen LogP contribution in [0.3, 0.4) is 0 Å². The summed E-state index contributed by atoms with van der Waals surface area (Å²) in [7, 11) is 3.29. The van der Waals surface area contributed by atoms with Crippen LogP contribution in [0.2, 0.25) is 0 Å². The van der Waals surface area contributed by atoms with E-state index in [0.717, 1.165) is 11.3 Å². The number of furan rings is 1. The first-order valence-corrected chi connectivity index (χ1v) is 7.34. The minimum atomic E-state index is -0.138. The monoisotopic (exact) mass is 327 g/mol. The third-order valence-electron chi connectivity index (χ3n) is 3.46. The highest BCUT2D eigenvalue weighted by atomic mass is 16.5. The Hall–Kier alpha value is -3.16. The van der Waals surface area contributed by atoms with Crippen molar-refractivity contribution in [3.8, 4) is 17.1 Å². The zero-order chi connectivity index (χ0) is 16.9. The fourth-order valence-corrected chi connectivity index (χ4v) is 2.15. The molecule has 0 fully saturated rings. The number of carbonyl (C=O) groups is 1. The van der Waals surface area contributed by atoms with Gasteiger partial charge in [-0.3, -0.25) is 4.79 Å². The molecule has 3 aromatic rings. The molecule has 0 radical (unpaired) electrons. The molecule has 0 atom stereocenters. The molecule has 0 spiro atoms. The lowest BCUT2D eigenvalue weighted by Gasteiger charge is -2.14. The molecule has 2 heterocycles. The molecule has 8 nitrogen and oxygen atoms in total. The summed E-state index contributed by atoms with van der Waals surface area (Å²) in [4.78, 5) is 15.0. The zero-order valence-electron chi connectivity index (χ0n) is 13.4. The zero-order valence-corrected chi connectivity index (χ0v) is 13.4. The van der Waals surface area contributed by atoms with Crippen molar-refractivity contribution in [2.24, 2.45) is 0 Å². The molecular formula is C16H17N5O3. The lowest BCUT2D eigenvalue weighted by Crippen LogP contribution is -2.30. The third-order valence-corrected chi connectivity index (χ3v) is 3.46. The summed E-state index contributed by atoms with van der Waals surface area (Å²) in [6.07, 6.45) is 1.58. The average Bonchev–Trinajstić information content (AvgIpc) is 3.26. The smallest absolute Gasteiger partial charge is 0.246 e. The molecule has 124 valence electrons. The van der Waals surface area contributed by atoms with Gasteiger partial charge in [0.25, 0.3) is 0 Å². The predicted octanol–water partition coefficient (Wildman–Crippen LogP) is 1.60. The van der Waals surface area contributed by atoms with Crippen LogP contribution >= 0.6 is 0 Å². The Balaban J connectivity index is 1.66. The van der Waals surface area contributed by atoms with Gasteiger partial charge in [-0.1, -0.05) is 12.1 Å². The van der Waals surface area contributed by atoms with Crippen LogP contribution < -0.4 is 4.74 Å². The van der Waals surface area contributed by atoms with Crippen LogP contribution in [0.25, 0.3) is 11.4 Å². The number of likely N-dealkylation sites (N-methyl/N-ethyl adjacent to an activating group) is 1. The van der Waals surface area contributed by atoms with E-state index in [9.17, 15) is 4.79 Å². The van der Waals surface area contributed by atoms with Crippen molar-refractivity contribution in [1.29, 1.82) is 0 Å². The molecule has 0 N–H and O–H groups in total. The Labute approximate surface area is 138 Å². The molecule has 24 heavy (non-hydrogen) atoms. The molecule has 0 bridgehead atoms. The van der Waals surface area contributed by atoms with Crippen molar-refractivity contribution in [1.82, 2.24) is 25.1 Å². The lowest BCUT2D eigenvalue weighted by molar-refractivity contribution is -0.131. The van der Waals surface area contributed by atoms with Gasteiger partial charge in [0.2, 0.25) is 11.7 Å². The van der Waals surface area contributed by atoms with Crippen LogP contribution in [0.1, 0.15) is 5.76 Å².